The maximum absolute atomic E-state index is 5.63. The van der Waals surface area contributed by atoms with Crippen LogP contribution in [-0.4, -0.2) is 37.6 Å². The summed E-state index contributed by atoms with van der Waals surface area (Å²) < 4.78 is 0. The highest BCUT2D eigenvalue weighted by atomic mass is 15.1. The van der Waals surface area contributed by atoms with Crippen molar-refractivity contribution in [2.24, 2.45) is 11.5 Å². The molecule has 0 aromatic rings. The van der Waals surface area contributed by atoms with Crippen LogP contribution in [0.2, 0.25) is 0 Å². The molecule has 0 aliphatic heterocycles. The normalized spacial score (nSPS) is 11.8. The predicted molar refractivity (Wildman–Crippen MR) is 114 cm³/mol. The third kappa shape index (κ3) is 19.8. The monoisotopic (exact) mass is 353 g/mol. The number of nitrogens with zero attached hydrogens (tertiary/aromatic N) is 1. The van der Waals surface area contributed by atoms with Crippen LogP contribution in [0.5, 0.6) is 0 Å². The fourth-order valence-electron chi connectivity index (χ4n) is 3.18. The van der Waals surface area contributed by atoms with Gasteiger partial charge in [-0.3, -0.25) is 0 Å². The standard InChI is InChI=1S/C22H47N3/c1-2-3-4-5-6-7-8-9-10-11-12-13-14-15-20-25(21-16-18-23)22-17-19-24/h5-6H,2-4,7-24H2,1H3/b6-5+. The van der Waals surface area contributed by atoms with Gasteiger partial charge in [0.25, 0.3) is 0 Å². The van der Waals surface area contributed by atoms with E-state index in [1.807, 2.05) is 0 Å². The highest BCUT2D eigenvalue weighted by molar-refractivity contribution is 4.81. The average Bonchev–Trinajstić information content (AvgIpc) is 2.63. The van der Waals surface area contributed by atoms with E-state index in [2.05, 4.69) is 24.0 Å². The SMILES string of the molecule is CCCC/C=C/CCCCCCCCCCN(CCCN)CCCN. The first-order valence-corrected chi connectivity index (χ1v) is 11.1. The first kappa shape index (κ1) is 24.6. The van der Waals surface area contributed by atoms with Crippen molar-refractivity contribution in [1.29, 1.82) is 0 Å². The number of hydrogen-bond acceptors (Lipinski definition) is 3. The van der Waals surface area contributed by atoms with Gasteiger partial charge < -0.3 is 16.4 Å². The van der Waals surface area contributed by atoms with Crippen molar-refractivity contribution < 1.29 is 0 Å². The zero-order valence-corrected chi connectivity index (χ0v) is 17.2. The minimum Gasteiger partial charge on any atom is -0.330 e. The quantitative estimate of drug-likeness (QED) is 0.232. The highest BCUT2D eigenvalue weighted by Crippen LogP contribution is 2.11. The second-order valence-corrected chi connectivity index (χ2v) is 7.36. The lowest BCUT2D eigenvalue weighted by Gasteiger charge is -2.21. The van der Waals surface area contributed by atoms with Crippen molar-refractivity contribution in [2.45, 2.75) is 96.8 Å². The third-order valence-corrected chi connectivity index (χ3v) is 4.84. The Morgan fingerprint density at radius 1 is 0.560 bits per heavy atom. The van der Waals surface area contributed by atoms with E-state index in [1.54, 1.807) is 0 Å². The summed E-state index contributed by atoms with van der Waals surface area (Å²) in [7, 11) is 0. The molecule has 0 spiro atoms. The second-order valence-electron chi connectivity index (χ2n) is 7.36. The molecule has 0 fully saturated rings. The maximum atomic E-state index is 5.63. The summed E-state index contributed by atoms with van der Waals surface area (Å²) in [5.41, 5.74) is 11.3. The van der Waals surface area contributed by atoms with Gasteiger partial charge in [0, 0.05) is 0 Å². The van der Waals surface area contributed by atoms with Crippen LogP contribution in [0.25, 0.3) is 0 Å². The van der Waals surface area contributed by atoms with Gasteiger partial charge >= 0.3 is 0 Å². The van der Waals surface area contributed by atoms with Crippen LogP contribution in [0.3, 0.4) is 0 Å². The van der Waals surface area contributed by atoms with Gasteiger partial charge in [-0.05, 0) is 71.2 Å². The van der Waals surface area contributed by atoms with E-state index in [1.165, 1.54) is 83.6 Å². The molecule has 3 heteroatoms. The number of rotatable bonds is 20. The number of unbranched alkanes of at least 4 members (excludes halogenated alkanes) is 10. The summed E-state index contributed by atoms with van der Waals surface area (Å²) in [6.07, 6.45) is 23.3. The number of hydrogen-bond donors (Lipinski definition) is 2. The van der Waals surface area contributed by atoms with Gasteiger partial charge in [0.1, 0.15) is 0 Å². The first-order chi connectivity index (χ1) is 12.3. The number of allylic oxidation sites excluding steroid dienone is 2. The van der Waals surface area contributed by atoms with E-state index < -0.39 is 0 Å². The Hall–Kier alpha value is -0.380. The molecular weight excluding hydrogens is 306 g/mol. The van der Waals surface area contributed by atoms with E-state index in [4.69, 9.17) is 11.5 Å². The molecule has 0 radical (unpaired) electrons. The molecule has 0 unspecified atom stereocenters. The Balaban J connectivity index is 3.34. The topological polar surface area (TPSA) is 55.3 Å². The van der Waals surface area contributed by atoms with Crippen molar-refractivity contribution in [2.75, 3.05) is 32.7 Å². The molecule has 0 rings (SSSR count). The van der Waals surface area contributed by atoms with E-state index in [-0.39, 0.29) is 0 Å². The Morgan fingerprint density at radius 3 is 1.52 bits per heavy atom. The molecule has 150 valence electrons. The van der Waals surface area contributed by atoms with E-state index in [9.17, 15) is 0 Å². The lowest BCUT2D eigenvalue weighted by Crippen LogP contribution is -2.29. The summed E-state index contributed by atoms with van der Waals surface area (Å²) in [5, 5.41) is 0. The van der Waals surface area contributed by atoms with Gasteiger partial charge in [0.05, 0.1) is 0 Å². The summed E-state index contributed by atoms with van der Waals surface area (Å²) in [6.45, 7) is 7.37. The van der Waals surface area contributed by atoms with Crippen molar-refractivity contribution in [3.63, 3.8) is 0 Å². The highest BCUT2D eigenvalue weighted by Gasteiger charge is 2.03. The van der Waals surface area contributed by atoms with Crippen LogP contribution >= 0.6 is 0 Å². The number of nitrogens with two attached hydrogens (primary N) is 2. The lowest BCUT2D eigenvalue weighted by molar-refractivity contribution is 0.263. The van der Waals surface area contributed by atoms with Crippen LogP contribution in [-0.2, 0) is 0 Å². The molecular formula is C22H47N3. The average molecular weight is 354 g/mol. The minimum atomic E-state index is 0.799. The van der Waals surface area contributed by atoms with Crippen molar-refractivity contribution in [3.8, 4) is 0 Å². The lowest BCUT2D eigenvalue weighted by atomic mass is 10.1. The van der Waals surface area contributed by atoms with E-state index >= 15 is 0 Å². The summed E-state index contributed by atoms with van der Waals surface area (Å²) in [4.78, 5) is 2.55. The molecule has 0 amide bonds. The van der Waals surface area contributed by atoms with Gasteiger partial charge in [-0.25, -0.2) is 0 Å². The molecule has 0 saturated heterocycles. The zero-order chi connectivity index (χ0) is 18.4. The van der Waals surface area contributed by atoms with Gasteiger partial charge in [0.15, 0.2) is 0 Å². The van der Waals surface area contributed by atoms with Crippen molar-refractivity contribution >= 4 is 0 Å². The Morgan fingerprint density at radius 2 is 1.00 bits per heavy atom. The molecule has 0 aliphatic carbocycles. The largest absolute Gasteiger partial charge is 0.330 e. The third-order valence-electron chi connectivity index (χ3n) is 4.84. The van der Waals surface area contributed by atoms with Crippen LogP contribution in [0.1, 0.15) is 96.8 Å². The first-order valence-electron chi connectivity index (χ1n) is 11.1. The molecule has 25 heavy (non-hydrogen) atoms. The van der Waals surface area contributed by atoms with Crippen molar-refractivity contribution in [3.05, 3.63) is 12.2 Å². The van der Waals surface area contributed by atoms with Crippen LogP contribution in [0, 0.1) is 0 Å². The molecule has 0 aliphatic rings. The van der Waals surface area contributed by atoms with Gasteiger partial charge in [-0.15, -0.1) is 0 Å². The fraction of sp³-hybridized carbons (Fsp3) is 0.909. The minimum absolute atomic E-state index is 0.799. The van der Waals surface area contributed by atoms with Gasteiger partial charge in [0.2, 0.25) is 0 Å². The van der Waals surface area contributed by atoms with Crippen molar-refractivity contribution in [1.82, 2.24) is 4.90 Å². The smallest absolute Gasteiger partial charge is 0.000671 e. The Kier molecular flexibility index (Phi) is 21.3. The van der Waals surface area contributed by atoms with Crippen LogP contribution in [0.4, 0.5) is 0 Å². The van der Waals surface area contributed by atoms with Gasteiger partial charge in [-0.2, -0.15) is 0 Å². The zero-order valence-electron chi connectivity index (χ0n) is 17.2. The molecule has 0 saturated carbocycles. The van der Waals surface area contributed by atoms with E-state index in [0.717, 1.165) is 39.0 Å². The molecule has 4 N–H and O–H groups in total. The summed E-state index contributed by atoms with van der Waals surface area (Å²) in [6, 6.07) is 0. The molecule has 0 bridgehead atoms. The Labute approximate surface area is 158 Å². The molecule has 0 heterocycles. The maximum Gasteiger partial charge on any atom is -0.000671 e. The molecule has 0 aromatic heterocycles. The Bertz CT molecular complexity index is 258. The molecule has 0 aromatic carbocycles. The molecule has 3 nitrogen and oxygen atoms in total. The van der Waals surface area contributed by atoms with E-state index in [0.29, 0.717) is 0 Å². The summed E-state index contributed by atoms with van der Waals surface area (Å²) in [5.74, 6) is 0. The van der Waals surface area contributed by atoms with Crippen LogP contribution in [0.15, 0.2) is 12.2 Å². The van der Waals surface area contributed by atoms with Crippen LogP contribution < -0.4 is 11.5 Å². The summed E-state index contributed by atoms with van der Waals surface area (Å²) >= 11 is 0. The fourth-order valence-corrected chi connectivity index (χ4v) is 3.18. The second kappa shape index (κ2) is 21.7. The molecule has 0 atom stereocenters. The van der Waals surface area contributed by atoms with Gasteiger partial charge in [-0.1, -0.05) is 70.4 Å². The predicted octanol–water partition coefficient (Wildman–Crippen LogP) is 5.24.